The predicted octanol–water partition coefficient (Wildman–Crippen LogP) is 1.02. The van der Waals surface area contributed by atoms with E-state index in [1.54, 1.807) is 11.8 Å². The number of quaternary nitrogens is 1. The number of nitrogens with one attached hydrogen (secondary N) is 2. The number of hydrogen-bond acceptors (Lipinski definition) is 5. The second-order valence-electron chi connectivity index (χ2n) is 6.74. The van der Waals surface area contributed by atoms with Crippen LogP contribution in [0.2, 0.25) is 0 Å². The van der Waals surface area contributed by atoms with Crippen molar-refractivity contribution in [2.24, 2.45) is 0 Å². The van der Waals surface area contributed by atoms with Gasteiger partial charge < -0.3 is 15.1 Å². The molecular formula is C19H28N5OS+. The molecule has 2 rings (SSSR count). The van der Waals surface area contributed by atoms with E-state index in [-0.39, 0.29) is 5.91 Å². The molecule has 0 aliphatic rings. The molecule has 1 heterocycles. The Balaban J connectivity index is 1.92. The summed E-state index contributed by atoms with van der Waals surface area (Å²) in [4.78, 5) is 24.4. The highest BCUT2D eigenvalue weighted by Crippen LogP contribution is 2.22. The second-order valence-corrected chi connectivity index (χ2v) is 7.69. The number of hydrogen-bond donors (Lipinski definition) is 2. The van der Waals surface area contributed by atoms with Crippen LogP contribution < -0.4 is 15.1 Å². The SMILES string of the molecule is Cc1cc(N(C)C)nc(SCc2ccc(C(=O)NCC[NH+](C)C)cc2)n1. The van der Waals surface area contributed by atoms with E-state index in [0.717, 1.165) is 34.5 Å². The molecule has 0 aliphatic carbocycles. The fraction of sp³-hybridized carbons (Fsp3) is 0.421. The first kappa shape index (κ1) is 20.2. The predicted molar refractivity (Wildman–Crippen MR) is 107 cm³/mol. The molecular weight excluding hydrogens is 346 g/mol. The van der Waals surface area contributed by atoms with Gasteiger partial charge in [-0.15, -0.1) is 0 Å². The number of rotatable bonds is 8. The van der Waals surface area contributed by atoms with Gasteiger partial charge in [-0.2, -0.15) is 0 Å². The maximum Gasteiger partial charge on any atom is 0.251 e. The third-order valence-corrected chi connectivity index (χ3v) is 4.69. The smallest absolute Gasteiger partial charge is 0.251 e. The van der Waals surface area contributed by atoms with Gasteiger partial charge in [-0.3, -0.25) is 4.79 Å². The molecule has 1 aromatic carbocycles. The minimum absolute atomic E-state index is 0.0249. The summed E-state index contributed by atoms with van der Waals surface area (Å²) in [6, 6.07) is 9.69. The molecule has 0 saturated carbocycles. The lowest BCUT2D eigenvalue weighted by Crippen LogP contribution is -3.06. The topological polar surface area (TPSA) is 62.6 Å². The fourth-order valence-corrected chi connectivity index (χ4v) is 3.10. The zero-order valence-electron chi connectivity index (χ0n) is 16.2. The molecule has 1 aromatic heterocycles. The lowest BCUT2D eigenvalue weighted by molar-refractivity contribution is -0.856. The second kappa shape index (κ2) is 9.54. The van der Waals surface area contributed by atoms with E-state index in [4.69, 9.17) is 0 Å². The molecule has 6 nitrogen and oxygen atoms in total. The van der Waals surface area contributed by atoms with Gasteiger partial charge in [0, 0.05) is 37.2 Å². The first-order valence-electron chi connectivity index (χ1n) is 8.67. The van der Waals surface area contributed by atoms with E-state index in [0.29, 0.717) is 12.1 Å². The normalized spacial score (nSPS) is 10.8. The van der Waals surface area contributed by atoms with Crippen molar-refractivity contribution in [3.8, 4) is 0 Å². The number of benzene rings is 1. The van der Waals surface area contributed by atoms with Gasteiger partial charge in [0.15, 0.2) is 5.16 Å². The summed E-state index contributed by atoms with van der Waals surface area (Å²) in [5.41, 5.74) is 2.78. The number of likely N-dealkylation sites (N-methyl/N-ethyl adjacent to an activating group) is 1. The molecule has 0 atom stereocenters. The van der Waals surface area contributed by atoms with Crippen LogP contribution in [-0.2, 0) is 5.75 Å². The van der Waals surface area contributed by atoms with Gasteiger partial charge in [0.25, 0.3) is 5.91 Å². The van der Waals surface area contributed by atoms with Crippen molar-refractivity contribution in [3.05, 3.63) is 47.2 Å². The molecule has 0 spiro atoms. The highest BCUT2D eigenvalue weighted by molar-refractivity contribution is 7.98. The standard InChI is InChI=1S/C19H27N5OS/c1-14-12-17(24(4)5)22-19(21-14)26-13-15-6-8-16(9-7-15)18(25)20-10-11-23(2)3/h6-9,12H,10-11,13H2,1-5H3,(H,20,25)/p+1. The molecule has 1 amide bonds. The summed E-state index contributed by atoms with van der Waals surface area (Å²) in [5, 5.41) is 3.71. The maximum atomic E-state index is 12.1. The molecule has 140 valence electrons. The van der Waals surface area contributed by atoms with Gasteiger partial charge in [-0.1, -0.05) is 23.9 Å². The Morgan fingerprint density at radius 2 is 1.88 bits per heavy atom. The van der Waals surface area contributed by atoms with E-state index in [1.165, 1.54) is 4.90 Å². The van der Waals surface area contributed by atoms with Gasteiger partial charge in [0.2, 0.25) is 0 Å². The minimum atomic E-state index is -0.0249. The number of carbonyl (C=O) groups excluding carboxylic acids is 1. The fourth-order valence-electron chi connectivity index (χ4n) is 2.25. The number of amides is 1. The largest absolute Gasteiger partial charge is 0.363 e. The van der Waals surface area contributed by atoms with Crippen molar-refractivity contribution in [1.82, 2.24) is 15.3 Å². The van der Waals surface area contributed by atoms with Crippen LogP contribution in [0.15, 0.2) is 35.5 Å². The average molecular weight is 375 g/mol. The monoisotopic (exact) mass is 374 g/mol. The molecule has 0 aliphatic heterocycles. The molecule has 0 fully saturated rings. The van der Waals surface area contributed by atoms with Crippen LogP contribution in [0.25, 0.3) is 0 Å². The lowest BCUT2D eigenvalue weighted by Gasteiger charge is -2.12. The van der Waals surface area contributed by atoms with Gasteiger partial charge in [-0.05, 0) is 24.6 Å². The Morgan fingerprint density at radius 1 is 1.19 bits per heavy atom. The van der Waals surface area contributed by atoms with Gasteiger partial charge >= 0.3 is 0 Å². The number of aromatic nitrogens is 2. The molecule has 2 aromatic rings. The molecule has 0 radical (unpaired) electrons. The van der Waals surface area contributed by atoms with E-state index >= 15 is 0 Å². The van der Waals surface area contributed by atoms with Crippen LogP contribution in [0.3, 0.4) is 0 Å². The Kier molecular flexibility index (Phi) is 7.41. The van der Waals surface area contributed by atoms with Crippen molar-refractivity contribution in [2.45, 2.75) is 17.8 Å². The van der Waals surface area contributed by atoms with Crippen molar-refractivity contribution in [3.63, 3.8) is 0 Å². The van der Waals surface area contributed by atoms with Crippen LogP contribution in [0.4, 0.5) is 5.82 Å². The molecule has 26 heavy (non-hydrogen) atoms. The first-order valence-corrected chi connectivity index (χ1v) is 9.65. The van der Waals surface area contributed by atoms with Gasteiger partial charge in [-0.25, -0.2) is 9.97 Å². The summed E-state index contributed by atoms with van der Waals surface area (Å²) in [6.45, 7) is 3.56. The Hall–Kier alpha value is -2.12. The van der Waals surface area contributed by atoms with Crippen LogP contribution in [0, 0.1) is 6.92 Å². The molecule has 0 bridgehead atoms. The van der Waals surface area contributed by atoms with E-state index in [1.807, 2.05) is 56.3 Å². The third-order valence-electron chi connectivity index (χ3n) is 3.77. The van der Waals surface area contributed by atoms with Crippen LogP contribution in [0.1, 0.15) is 21.6 Å². The highest BCUT2D eigenvalue weighted by atomic mass is 32.2. The van der Waals surface area contributed by atoms with Gasteiger partial charge in [0.05, 0.1) is 27.2 Å². The van der Waals surface area contributed by atoms with Crippen molar-refractivity contribution in [2.75, 3.05) is 46.2 Å². The number of anilines is 1. The molecule has 7 heteroatoms. The summed E-state index contributed by atoms with van der Waals surface area (Å²) < 4.78 is 0. The zero-order valence-corrected chi connectivity index (χ0v) is 17.0. The van der Waals surface area contributed by atoms with Crippen molar-refractivity contribution >= 4 is 23.5 Å². The summed E-state index contributed by atoms with van der Waals surface area (Å²) >= 11 is 1.60. The third kappa shape index (κ3) is 6.31. The Morgan fingerprint density at radius 3 is 2.50 bits per heavy atom. The van der Waals surface area contributed by atoms with Crippen LogP contribution in [0.5, 0.6) is 0 Å². The molecule has 0 saturated heterocycles. The van der Waals surface area contributed by atoms with Crippen molar-refractivity contribution in [1.29, 1.82) is 0 Å². The Labute approximate surface area is 160 Å². The number of carbonyl (C=O) groups is 1. The van der Waals surface area contributed by atoms with Gasteiger partial charge in [0.1, 0.15) is 5.82 Å². The summed E-state index contributed by atoms with van der Waals surface area (Å²) in [5.74, 6) is 1.65. The highest BCUT2D eigenvalue weighted by Gasteiger charge is 2.08. The molecule has 0 unspecified atom stereocenters. The van der Waals surface area contributed by atoms with E-state index < -0.39 is 0 Å². The average Bonchev–Trinajstić information content (AvgIpc) is 2.59. The zero-order chi connectivity index (χ0) is 19.1. The van der Waals surface area contributed by atoms with E-state index in [2.05, 4.69) is 29.4 Å². The Bertz CT molecular complexity index is 731. The number of thioether (sulfide) groups is 1. The quantitative estimate of drug-likeness (QED) is 0.534. The van der Waals surface area contributed by atoms with Crippen LogP contribution >= 0.6 is 11.8 Å². The molecule has 2 N–H and O–H groups in total. The number of aryl methyl sites for hydroxylation is 1. The summed E-state index contributed by atoms with van der Waals surface area (Å²) in [6.07, 6.45) is 0. The lowest BCUT2D eigenvalue weighted by atomic mass is 10.1. The van der Waals surface area contributed by atoms with Crippen molar-refractivity contribution < 1.29 is 9.69 Å². The van der Waals surface area contributed by atoms with Crippen LogP contribution in [-0.4, -0.2) is 57.2 Å². The number of nitrogens with zero attached hydrogens (tertiary/aromatic N) is 3. The minimum Gasteiger partial charge on any atom is -0.363 e. The summed E-state index contributed by atoms with van der Waals surface area (Å²) in [7, 11) is 8.08. The van der Waals surface area contributed by atoms with E-state index in [9.17, 15) is 4.79 Å². The first-order chi connectivity index (χ1) is 12.3. The maximum absolute atomic E-state index is 12.1.